The van der Waals surface area contributed by atoms with Crippen molar-refractivity contribution >= 4 is 5.69 Å². The third kappa shape index (κ3) is 4.09. The number of hydrogen-bond acceptors (Lipinski definition) is 3. The highest BCUT2D eigenvalue weighted by atomic mass is 15.2. The molecule has 1 fully saturated rings. The Labute approximate surface area is 133 Å². The molecule has 1 aliphatic rings. The van der Waals surface area contributed by atoms with Crippen molar-refractivity contribution in [3.63, 3.8) is 0 Å². The fourth-order valence-electron chi connectivity index (χ4n) is 2.84. The molecule has 0 aliphatic carbocycles. The van der Waals surface area contributed by atoms with E-state index >= 15 is 0 Å². The van der Waals surface area contributed by atoms with Gasteiger partial charge in [0.2, 0.25) is 0 Å². The number of hydrogen-bond donors (Lipinski definition) is 1. The van der Waals surface area contributed by atoms with Gasteiger partial charge in [-0.05, 0) is 30.3 Å². The Kier molecular flexibility index (Phi) is 5.09. The molecule has 1 aliphatic heterocycles. The van der Waals surface area contributed by atoms with Gasteiger partial charge in [0.1, 0.15) is 0 Å². The van der Waals surface area contributed by atoms with Gasteiger partial charge in [-0.1, -0.05) is 42.5 Å². The highest BCUT2D eigenvalue weighted by molar-refractivity contribution is 5.48. The monoisotopic (exact) mass is 295 g/mol. The van der Waals surface area contributed by atoms with Crippen LogP contribution in [-0.2, 0) is 13.1 Å². The van der Waals surface area contributed by atoms with Crippen molar-refractivity contribution in [2.75, 3.05) is 38.1 Å². The van der Waals surface area contributed by atoms with Gasteiger partial charge in [-0.25, -0.2) is 0 Å². The van der Waals surface area contributed by atoms with Crippen LogP contribution in [0.3, 0.4) is 0 Å². The van der Waals surface area contributed by atoms with Crippen LogP contribution in [0.25, 0.3) is 0 Å². The second-order valence-corrected chi connectivity index (χ2v) is 6.05. The summed E-state index contributed by atoms with van der Waals surface area (Å²) >= 11 is 0. The number of rotatable bonds is 5. The van der Waals surface area contributed by atoms with E-state index in [-0.39, 0.29) is 0 Å². The van der Waals surface area contributed by atoms with Crippen LogP contribution in [0, 0.1) is 0 Å². The molecule has 2 aromatic rings. The Morgan fingerprint density at radius 2 is 1.36 bits per heavy atom. The molecular formula is C19H25N3. The van der Waals surface area contributed by atoms with E-state index in [9.17, 15) is 0 Å². The number of nitrogens with one attached hydrogen (secondary N) is 1. The normalized spacial score (nSPS) is 16.0. The Morgan fingerprint density at radius 1 is 0.773 bits per heavy atom. The number of likely N-dealkylation sites (N-methyl/N-ethyl adjacent to an activating group) is 1. The zero-order valence-electron chi connectivity index (χ0n) is 13.3. The average Bonchev–Trinajstić information content (AvgIpc) is 2.57. The van der Waals surface area contributed by atoms with E-state index in [1.807, 2.05) is 0 Å². The van der Waals surface area contributed by atoms with E-state index in [0.717, 1.165) is 39.3 Å². The van der Waals surface area contributed by atoms with Crippen LogP contribution in [0.4, 0.5) is 5.69 Å². The predicted octanol–water partition coefficient (Wildman–Crippen LogP) is 2.73. The first-order valence-electron chi connectivity index (χ1n) is 8.08. The van der Waals surface area contributed by atoms with E-state index in [1.54, 1.807) is 0 Å². The summed E-state index contributed by atoms with van der Waals surface area (Å²) in [5, 5.41) is 3.50. The van der Waals surface area contributed by atoms with Crippen molar-refractivity contribution < 1.29 is 0 Å². The van der Waals surface area contributed by atoms with Crippen LogP contribution in [0.2, 0.25) is 0 Å². The standard InChI is InChI=1S/C19H25N3/c1-21-11-13-22(14-12-21)19-9-7-18(8-10-19)16-20-15-17-5-3-2-4-6-17/h2-10,20H,11-16H2,1H3. The maximum Gasteiger partial charge on any atom is 0.0367 e. The van der Waals surface area contributed by atoms with E-state index in [0.29, 0.717) is 0 Å². The summed E-state index contributed by atoms with van der Waals surface area (Å²) in [7, 11) is 2.19. The fraction of sp³-hybridized carbons (Fsp3) is 0.368. The van der Waals surface area contributed by atoms with E-state index in [1.165, 1.54) is 16.8 Å². The van der Waals surface area contributed by atoms with Crippen LogP contribution < -0.4 is 10.2 Å². The molecule has 3 nitrogen and oxygen atoms in total. The first kappa shape index (κ1) is 15.1. The molecule has 0 aromatic heterocycles. The Morgan fingerprint density at radius 3 is 2.00 bits per heavy atom. The molecule has 1 heterocycles. The molecule has 0 unspecified atom stereocenters. The van der Waals surface area contributed by atoms with Gasteiger partial charge in [-0.3, -0.25) is 0 Å². The van der Waals surface area contributed by atoms with Crippen LogP contribution in [0.1, 0.15) is 11.1 Å². The molecule has 0 amide bonds. The number of nitrogens with zero attached hydrogens (tertiary/aromatic N) is 2. The average molecular weight is 295 g/mol. The zero-order valence-corrected chi connectivity index (χ0v) is 13.3. The van der Waals surface area contributed by atoms with Gasteiger partial charge in [0.25, 0.3) is 0 Å². The van der Waals surface area contributed by atoms with Gasteiger partial charge >= 0.3 is 0 Å². The molecule has 0 bridgehead atoms. The van der Waals surface area contributed by atoms with E-state index in [4.69, 9.17) is 0 Å². The molecule has 1 saturated heterocycles. The maximum absolute atomic E-state index is 3.50. The van der Waals surface area contributed by atoms with Gasteiger partial charge in [-0.2, -0.15) is 0 Å². The molecular weight excluding hydrogens is 270 g/mol. The third-order valence-electron chi connectivity index (χ3n) is 4.31. The van der Waals surface area contributed by atoms with Gasteiger partial charge in [0.05, 0.1) is 0 Å². The quantitative estimate of drug-likeness (QED) is 0.915. The van der Waals surface area contributed by atoms with Crippen molar-refractivity contribution in [1.82, 2.24) is 10.2 Å². The third-order valence-corrected chi connectivity index (χ3v) is 4.31. The Hall–Kier alpha value is -1.84. The summed E-state index contributed by atoms with van der Waals surface area (Å²) in [4.78, 5) is 4.86. The van der Waals surface area contributed by atoms with Crippen molar-refractivity contribution in [3.8, 4) is 0 Å². The predicted molar refractivity (Wildman–Crippen MR) is 93.1 cm³/mol. The largest absolute Gasteiger partial charge is 0.369 e. The summed E-state index contributed by atoms with van der Waals surface area (Å²) in [5.41, 5.74) is 4.02. The molecule has 0 atom stereocenters. The lowest BCUT2D eigenvalue weighted by Crippen LogP contribution is -2.44. The first-order chi connectivity index (χ1) is 10.8. The SMILES string of the molecule is CN1CCN(c2ccc(CNCc3ccccc3)cc2)CC1. The minimum Gasteiger partial charge on any atom is -0.369 e. The van der Waals surface area contributed by atoms with Crippen molar-refractivity contribution in [2.45, 2.75) is 13.1 Å². The molecule has 116 valence electrons. The highest BCUT2D eigenvalue weighted by Gasteiger charge is 2.13. The van der Waals surface area contributed by atoms with Gasteiger partial charge < -0.3 is 15.1 Å². The summed E-state index contributed by atoms with van der Waals surface area (Å²) in [6.45, 7) is 6.39. The molecule has 1 N–H and O–H groups in total. The van der Waals surface area contributed by atoms with Crippen LogP contribution in [0.15, 0.2) is 54.6 Å². The summed E-state index contributed by atoms with van der Waals surface area (Å²) in [6, 6.07) is 19.5. The molecule has 0 saturated carbocycles. The second-order valence-electron chi connectivity index (χ2n) is 6.05. The molecule has 0 radical (unpaired) electrons. The topological polar surface area (TPSA) is 18.5 Å². The lowest BCUT2D eigenvalue weighted by molar-refractivity contribution is 0.313. The second kappa shape index (κ2) is 7.43. The summed E-state index contributed by atoms with van der Waals surface area (Å²) < 4.78 is 0. The van der Waals surface area contributed by atoms with Crippen molar-refractivity contribution in [2.24, 2.45) is 0 Å². The van der Waals surface area contributed by atoms with Gasteiger partial charge in [0.15, 0.2) is 0 Å². The number of benzene rings is 2. The van der Waals surface area contributed by atoms with Gasteiger partial charge in [-0.15, -0.1) is 0 Å². The van der Waals surface area contributed by atoms with Gasteiger partial charge in [0, 0.05) is 45.0 Å². The van der Waals surface area contributed by atoms with E-state index < -0.39 is 0 Å². The molecule has 22 heavy (non-hydrogen) atoms. The van der Waals surface area contributed by atoms with Crippen LogP contribution >= 0.6 is 0 Å². The summed E-state index contributed by atoms with van der Waals surface area (Å²) in [6.07, 6.45) is 0. The fourth-order valence-corrected chi connectivity index (χ4v) is 2.84. The first-order valence-corrected chi connectivity index (χ1v) is 8.08. The molecule has 0 spiro atoms. The molecule has 3 heteroatoms. The maximum atomic E-state index is 3.50. The number of anilines is 1. The van der Waals surface area contributed by atoms with Crippen LogP contribution in [-0.4, -0.2) is 38.1 Å². The minimum atomic E-state index is 0.915. The zero-order chi connectivity index (χ0) is 15.2. The smallest absolute Gasteiger partial charge is 0.0367 e. The van der Waals surface area contributed by atoms with Crippen molar-refractivity contribution in [3.05, 3.63) is 65.7 Å². The Bertz CT molecular complexity index is 557. The molecule has 3 rings (SSSR count). The minimum absolute atomic E-state index is 0.915. The van der Waals surface area contributed by atoms with E-state index in [2.05, 4.69) is 76.8 Å². The Balaban J connectivity index is 1.49. The highest BCUT2D eigenvalue weighted by Crippen LogP contribution is 2.17. The van der Waals surface area contributed by atoms with Crippen LogP contribution in [0.5, 0.6) is 0 Å². The molecule has 2 aromatic carbocycles. The number of piperazine rings is 1. The lowest BCUT2D eigenvalue weighted by atomic mass is 10.1. The summed E-state index contributed by atoms with van der Waals surface area (Å²) in [5.74, 6) is 0. The lowest BCUT2D eigenvalue weighted by Gasteiger charge is -2.34. The van der Waals surface area contributed by atoms with Crippen molar-refractivity contribution in [1.29, 1.82) is 0 Å².